The standard InChI is InChI=1S/C60H61NO8SSi/c1-57(2,3)71(58(4,5)6)64-42-50-52(69-71)53(66-56(63)68-60(46-34-20-10-21-35-46,47-36-22-11-23-37-47)48-38-24-12-25-39-48)51(54(65-50)70-49-40-26-13-27-41-49)61-55(62)67-59(43-28-14-7-15-29-43,44-30-16-8-17-31-44)45-32-18-9-19-33-45/h7-41,50-54H,42H2,1-6H3,(H,61,62)/t50-,51-,52+,53-,54+/m1/s1. The Labute approximate surface area is 423 Å². The predicted octanol–water partition coefficient (Wildman–Crippen LogP) is 13.6. The normalized spacial score (nSPS) is 20.2. The Morgan fingerprint density at radius 1 is 0.521 bits per heavy atom. The van der Waals surface area contributed by atoms with Crippen LogP contribution >= 0.6 is 11.8 Å². The van der Waals surface area contributed by atoms with Gasteiger partial charge in [-0.15, -0.1) is 0 Å². The Balaban J connectivity index is 1.19. The molecule has 0 spiro atoms. The number of alkyl carbamates (subject to hydrolysis) is 1. The third-order valence-corrected chi connectivity index (χ3v) is 19.8. The summed E-state index contributed by atoms with van der Waals surface area (Å²) in [6.07, 6.45) is -4.58. The number of ether oxygens (including phenoxy) is 4. The molecule has 2 aliphatic rings. The molecule has 2 fully saturated rings. The fourth-order valence-electron chi connectivity index (χ4n) is 10.5. The van der Waals surface area contributed by atoms with Crippen LogP contribution in [0.15, 0.2) is 217 Å². The van der Waals surface area contributed by atoms with Crippen molar-refractivity contribution in [3.8, 4) is 0 Å². The molecule has 0 bridgehead atoms. The van der Waals surface area contributed by atoms with Crippen LogP contribution in [0.25, 0.3) is 0 Å². The maximum atomic E-state index is 15.4. The van der Waals surface area contributed by atoms with E-state index in [1.54, 1.807) is 0 Å². The molecule has 364 valence electrons. The van der Waals surface area contributed by atoms with Crippen LogP contribution in [-0.2, 0) is 39.0 Å². The van der Waals surface area contributed by atoms with Crippen molar-refractivity contribution in [2.24, 2.45) is 0 Å². The van der Waals surface area contributed by atoms with Gasteiger partial charge >= 0.3 is 20.8 Å². The summed E-state index contributed by atoms with van der Waals surface area (Å²) in [5.41, 5.74) is 0.606. The number of thioether (sulfide) groups is 1. The van der Waals surface area contributed by atoms with E-state index in [1.165, 1.54) is 11.8 Å². The first kappa shape index (κ1) is 49.5. The molecule has 7 aromatic rings. The molecule has 9 nitrogen and oxygen atoms in total. The monoisotopic (exact) mass is 983 g/mol. The summed E-state index contributed by atoms with van der Waals surface area (Å²) >= 11 is 1.40. The van der Waals surface area contributed by atoms with Crippen molar-refractivity contribution in [3.05, 3.63) is 246 Å². The minimum Gasteiger partial charge on any atom is -0.428 e. The molecule has 9 rings (SSSR count). The van der Waals surface area contributed by atoms with Gasteiger partial charge in [-0.25, -0.2) is 9.59 Å². The van der Waals surface area contributed by atoms with Gasteiger partial charge in [0, 0.05) is 48.4 Å². The van der Waals surface area contributed by atoms with Crippen molar-refractivity contribution in [2.45, 2.75) is 97.5 Å². The molecule has 1 N–H and O–H groups in total. The van der Waals surface area contributed by atoms with E-state index in [2.05, 4.69) is 46.9 Å². The molecular weight excluding hydrogens is 923 g/mol. The molecule has 0 saturated carbocycles. The Morgan fingerprint density at radius 3 is 1.24 bits per heavy atom. The zero-order valence-electron chi connectivity index (χ0n) is 41.0. The Hall–Kier alpha value is -6.47. The molecule has 71 heavy (non-hydrogen) atoms. The lowest BCUT2D eigenvalue weighted by Crippen LogP contribution is -2.73. The Morgan fingerprint density at radius 2 is 0.873 bits per heavy atom. The second-order valence-corrected chi connectivity index (χ2v) is 26.0. The molecule has 5 atom stereocenters. The number of hydrogen-bond acceptors (Lipinski definition) is 9. The van der Waals surface area contributed by atoms with E-state index < -0.39 is 71.9 Å². The molecular formula is C60H61NO8SSi. The van der Waals surface area contributed by atoms with E-state index in [1.807, 2.05) is 212 Å². The number of carbonyl (C=O) groups is 2. The number of fused-ring (bicyclic) bond motifs is 1. The van der Waals surface area contributed by atoms with Crippen LogP contribution in [0.2, 0.25) is 10.1 Å². The van der Waals surface area contributed by atoms with Gasteiger partial charge in [-0.1, -0.05) is 253 Å². The van der Waals surface area contributed by atoms with Crippen molar-refractivity contribution in [1.82, 2.24) is 5.32 Å². The van der Waals surface area contributed by atoms with Crippen molar-refractivity contribution < 1.29 is 37.4 Å². The van der Waals surface area contributed by atoms with Crippen molar-refractivity contribution >= 4 is 32.6 Å². The van der Waals surface area contributed by atoms with Crippen LogP contribution in [-0.4, -0.2) is 57.2 Å². The lowest BCUT2D eigenvalue weighted by molar-refractivity contribution is -0.200. The van der Waals surface area contributed by atoms with Crippen LogP contribution in [0, 0.1) is 0 Å². The predicted molar refractivity (Wildman–Crippen MR) is 280 cm³/mol. The summed E-state index contributed by atoms with van der Waals surface area (Å²) in [6.45, 7) is 12.9. The van der Waals surface area contributed by atoms with Gasteiger partial charge in [0.1, 0.15) is 23.7 Å². The highest BCUT2D eigenvalue weighted by Crippen LogP contribution is 2.56. The van der Waals surface area contributed by atoms with Gasteiger partial charge in [0.25, 0.3) is 0 Å². The number of benzene rings is 7. The van der Waals surface area contributed by atoms with Gasteiger partial charge in [0.05, 0.1) is 6.61 Å². The highest BCUT2D eigenvalue weighted by molar-refractivity contribution is 7.99. The number of amides is 1. The summed E-state index contributed by atoms with van der Waals surface area (Å²) in [6, 6.07) is 66.7. The highest BCUT2D eigenvalue weighted by atomic mass is 32.2. The maximum absolute atomic E-state index is 15.4. The molecule has 7 aromatic carbocycles. The SMILES string of the molecule is CC(C)(C)[Si]1(C(C)(C)C)OC[C@H]2O[C@@H](Sc3ccccc3)[C@H](NC(=O)OC(c3ccccc3)(c3ccccc3)c3ccccc3)[C@@H](OC(=O)OC(c3ccccc3)(c3ccccc3)c3ccccc3)[C@H]2O1. The first-order valence-corrected chi connectivity index (χ1v) is 26.9. The summed E-state index contributed by atoms with van der Waals surface area (Å²) in [7, 11) is -3.29. The van der Waals surface area contributed by atoms with Gasteiger partial charge < -0.3 is 33.1 Å². The minimum absolute atomic E-state index is 0.171. The van der Waals surface area contributed by atoms with Crippen LogP contribution in [0.4, 0.5) is 9.59 Å². The van der Waals surface area contributed by atoms with Crippen LogP contribution in [0.1, 0.15) is 74.9 Å². The molecule has 0 aromatic heterocycles. The lowest BCUT2D eigenvalue weighted by atomic mass is 9.80. The van der Waals surface area contributed by atoms with Gasteiger partial charge in [0.15, 0.2) is 17.3 Å². The lowest BCUT2D eigenvalue weighted by Gasteiger charge is -2.58. The maximum Gasteiger partial charge on any atom is 0.510 e. The molecule has 11 heteroatoms. The van der Waals surface area contributed by atoms with E-state index in [0.29, 0.717) is 16.7 Å². The average molecular weight is 984 g/mol. The van der Waals surface area contributed by atoms with E-state index in [4.69, 9.17) is 27.8 Å². The molecule has 2 aliphatic heterocycles. The Kier molecular flexibility index (Phi) is 14.4. The number of nitrogens with one attached hydrogen (secondary N) is 1. The summed E-state index contributed by atoms with van der Waals surface area (Å²) in [5, 5.41) is 2.35. The number of carbonyl (C=O) groups excluding carboxylic acids is 2. The van der Waals surface area contributed by atoms with Gasteiger partial charge in [-0.2, -0.15) is 0 Å². The molecule has 0 unspecified atom stereocenters. The van der Waals surface area contributed by atoms with E-state index in [9.17, 15) is 0 Å². The van der Waals surface area contributed by atoms with Crippen LogP contribution < -0.4 is 5.32 Å². The van der Waals surface area contributed by atoms with Crippen molar-refractivity contribution in [1.29, 1.82) is 0 Å². The third-order valence-electron chi connectivity index (χ3n) is 13.5. The summed E-state index contributed by atoms with van der Waals surface area (Å²) in [4.78, 5) is 31.8. The molecule has 1 amide bonds. The molecule has 0 aliphatic carbocycles. The minimum atomic E-state index is -3.29. The zero-order valence-corrected chi connectivity index (χ0v) is 42.8. The first-order valence-electron chi connectivity index (χ1n) is 24.2. The van der Waals surface area contributed by atoms with Crippen molar-refractivity contribution in [3.63, 3.8) is 0 Å². The van der Waals surface area contributed by atoms with Gasteiger partial charge in [0.2, 0.25) is 0 Å². The highest BCUT2D eigenvalue weighted by Gasteiger charge is 2.66. The van der Waals surface area contributed by atoms with E-state index in [-0.39, 0.29) is 6.61 Å². The fraction of sp³-hybridized carbons (Fsp3) is 0.267. The third kappa shape index (κ3) is 9.82. The first-order chi connectivity index (χ1) is 34.2. The van der Waals surface area contributed by atoms with Gasteiger partial charge in [-0.05, 0) is 12.1 Å². The quantitative estimate of drug-likeness (QED) is 0.0728. The summed E-state index contributed by atoms with van der Waals surface area (Å²) in [5.74, 6) is 0. The second-order valence-electron chi connectivity index (χ2n) is 20.0. The second kappa shape index (κ2) is 20.7. The zero-order chi connectivity index (χ0) is 49.7. The average Bonchev–Trinajstić information content (AvgIpc) is 3.39. The number of rotatable bonds is 12. The molecule has 2 saturated heterocycles. The largest absolute Gasteiger partial charge is 0.510 e. The Bertz CT molecular complexity index is 2630. The fourth-order valence-corrected chi connectivity index (χ4v) is 16.6. The van der Waals surface area contributed by atoms with E-state index in [0.717, 1.165) is 21.6 Å². The van der Waals surface area contributed by atoms with Crippen LogP contribution in [0.3, 0.4) is 0 Å². The smallest absolute Gasteiger partial charge is 0.428 e. The van der Waals surface area contributed by atoms with Gasteiger partial charge in [-0.3, -0.25) is 0 Å². The topological polar surface area (TPSA) is 102 Å². The summed E-state index contributed by atoms with van der Waals surface area (Å²) < 4.78 is 42.3. The van der Waals surface area contributed by atoms with E-state index >= 15 is 9.59 Å². The number of hydrogen-bond donors (Lipinski definition) is 1. The van der Waals surface area contributed by atoms with Crippen LogP contribution in [0.5, 0.6) is 0 Å². The molecule has 0 radical (unpaired) electrons. The molecule has 2 heterocycles. The van der Waals surface area contributed by atoms with Crippen molar-refractivity contribution in [2.75, 3.05) is 6.61 Å².